The summed E-state index contributed by atoms with van der Waals surface area (Å²) in [5.74, 6) is 0. The Hall–Kier alpha value is -0.170. The van der Waals surface area contributed by atoms with Gasteiger partial charge in [0.05, 0.1) is 13.2 Å². The zero-order valence-corrected chi connectivity index (χ0v) is 11.7. The molecule has 0 heterocycles. The summed E-state index contributed by atoms with van der Waals surface area (Å²) in [5.41, 5.74) is 0. The Labute approximate surface area is 119 Å². The summed E-state index contributed by atoms with van der Waals surface area (Å²) in [6.07, 6.45) is -12.4. The molecular weight excluding hydrogens is 315 g/mol. The molecule has 0 amide bonds. The van der Waals surface area contributed by atoms with E-state index in [2.05, 4.69) is 9.05 Å². The Morgan fingerprint density at radius 2 is 1.67 bits per heavy atom. The van der Waals surface area contributed by atoms with Gasteiger partial charge in [-0.05, 0) is 0 Å². The standard InChI is InChI=1S/C9H19O11P/c10-1-3(11)2-19-21(17,18)20-9-7(15)5(13)4(12)6(14)8(9)16/h3-16H,1-2H2,(H,17,18)/p+1. The monoisotopic (exact) mass is 335 g/mol. The van der Waals surface area contributed by atoms with Crippen LogP contribution in [0.15, 0.2) is 0 Å². The summed E-state index contributed by atoms with van der Waals surface area (Å²) in [5, 5.41) is 63.0. The van der Waals surface area contributed by atoms with Crippen molar-refractivity contribution < 1.29 is 54.3 Å². The van der Waals surface area contributed by atoms with Crippen molar-refractivity contribution in [2.45, 2.75) is 42.7 Å². The SMILES string of the molecule is O=P(O)(OCC(O)CO)OC1C(O)C(O)C(O)C([OH2+])C1O. The maximum Gasteiger partial charge on any atom is 0.472 e. The smallest absolute Gasteiger partial charge is 0.439 e. The van der Waals surface area contributed by atoms with Gasteiger partial charge in [-0.1, -0.05) is 0 Å². The minimum Gasteiger partial charge on any atom is -0.439 e. The van der Waals surface area contributed by atoms with Gasteiger partial charge in [-0.25, -0.2) is 4.57 Å². The van der Waals surface area contributed by atoms with Crippen molar-refractivity contribution in [3.8, 4) is 0 Å². The van der Waals surface area contributed by atoms with Gasteiger partial charge in [0.15, 0.2) is 12.2 Å². The van der Waals surface area contributed by atoms with Crippen LogP contribution in [0.25, 0.3) is 0 Å². The van der Waals surface area contributed by atoms with E-state index in [0.29, 0.717) is 0 Å². The second kappa shape index (κ2) is 7.40. The number of phosphoric ester groups is 1. The number of hydrogen-bond acceptors (Lipinski definition) is 9. The van der Waals surface area contributed by atoms with Crippen LogP contribution in [0, 0.1) is 0 Å². The summed E-state index contributed by atoms with van der Waals surface area (Å²) >= 11 is 0. The number of rotatable bonds is 6. The molecule has 0 aliphatic heterocycles. The normalized spacial score (nSPS) is 41.5. The average Bonchev–Trinajstić information content (AvgIpc) is 2.45. The highest BCUT2D eigenvalue weighted by molar-refractivity contribution is 7.47. The Morgan fingerprint density at radius 1 is 1.10 bits per heavy atom. The highest BCUT2D eigenvalue weighted by Gasteiger charge is 2.53. The van der Waals surface area contributed by atoms with E-state index in [1.54, 1.807) is 0 Å². The molecule has 1 fully saturated rings. The molecule has 1 saturated carbocycles. The van der Waals surface area contributed by atoms with Gasteiger partial charge < -0.3 is 40.6 Å². The molecular formula is C9H20O11P+. The molecule has 12 heteroatoms. The molecule has 21 heavy (non-hydrogen) atoms. The fourth-order valence-electron chi connectivity index (χ4n) is 1.76. The van der Waals surface area contributed by atoms with Gasteiger partial charge in [-0.2, -0.15) is 0 Å². The molecule has 1 aliphatic carbocycles. The van der Waals surface area contributed by atoms with E-state index in [-0.39, 0.29) is 0 Å². The quantitative estimate of drug-likeness (QED) is 0.183. The molecule has 9 N–H and O–H groups in total. The third-order valence-corrected chi connectivity index (χ3v) is 3.99. The maximum atomic E-state index is 11.6. The van der Waals surface area contributed by atoms with E-state index < -0.39 is 63.8 Å². The lowest BCUT2D eigenvalue weighted by molar-refractivity contribution is -0.220. The van der Waals surface area contributed by atoms with Crippen LogP contribution >= 0.6 is 7.82 Å². The van der Waals surface area contributed by atoms with Gasteiger partial charge in [0, 0.05) is 0 Å². The first-order valence-electron chi connectivity index (χ1n) is 5.98. The molecule has 1 rings (SSSR count). The third kappa shape index (κ3) is 4.65. The van der Waals surface area contributed by atoms with Crippen LogP contribution in [0.1, 0.15) is 0 Å². The first kappa shape index (κ1) is 18.9. The Kier molecular flexibility index (Phi) is 6.65. The number of aliphatic hydroxyl groups excluding tert-OH is 6. The fraction of sp³-hybridized carbons (Fsp3) is 1.00. The second-order valence-corrected chi connectivity index (χ2v) is 6.07. The van der Waals surface area contributed by atoms with Crippen molar-refractivity contribution in [3.63, 3.8) is 0 Å². The van der Waals surface area contributed by atoms with Crippen molar-refractivity contribution >= 4 is 7.82 Å². The first-order valence-corrected chi connectivity index (χ1v) is 7.48. The van der Waals surface area contributed by atoms with Crippen molar-refractivity contribution in [3.05, 3.63) is 0 Å². The molecule has 0 bridgehead atoms. The van der Waals surface area contributed by atoms with Crippen LogP contribution in [-0.2, 0) is 13.6 Å². The summed E-state index contributed by atoms with van der Waals surface area (Å²) in [6.45, 7) is -1.48. The van der Waals surface area contributed by atoms with Crippen molar-refractivity contribution in [2.24, 2.45) is 0 Å². The molecule has 8 atom stereocenters. The third-order valence-electron chi connectivity index (χ3n) is 3.00. The number of hydrogen-bond donors (Lipinski definition) is 7. The van der Waals surface area contributed by atoms with Gasteiger partial charge in [0.2, 0.25) is 6.10 Å². The van der Waals surface area contributed by atoms with Gasteiger partial charge in [-0.3, -0.25) is 9.05 Å². The zero-order valence-electron chi connectivity index (χ0n) is 10.8. The molecule has 0 saturated heterocycles. The molecule has 8 unspecified atom stereocenters. The average molecular weight is 335 g/mol. The second-order valence-electron chi connectivity index (χ2n) is 4.66. The number of aliphatic hydroxyl groups is 6. The fourth-order valence-corrected chi connectivity index (χ4v) is 2.74. The lowest BCUT2D eigenvalue weighted by atomic mass is 9.85. The summed E-state index contributed by atoms with van der Waals surface area (Å²) in [6, 6.07) is 0. The van der Waals surface area contributed by atoms with Crippen LogP contribution < -0.4 is 0 Å². The van der Waals surface area contributed by atoms with E-state index in [0.717, 1.165) is 0 Å². The van der Waals surface area contributed by atoms with Crippen LogP contribution in [0.5, 0.6) is 0 Å². The predicted molar refractivity (Wildman–Crippen MR) is 65.2 cm³/mol. The molecule has 0 aromatic rings. The van der Waals surface area contributed by atoms with E-state index in [9.17, 15) is 29.9 Å². The van der Waals surface area contributed by atoms with Gasteiger partial charge in [0.25, 0.3) is 0 Å². The van der Waals surface area contributed by atoms with E-state index >= 15 is 0 Å². The summed E-state index contributed by atoms with van der Waals surface area (Å²) in [4.78, 5) is 9.38. The first-order chi connectivity index (χ1) is 9.60. The molecule has 1 aliphatic rings. The highest BCUT2D eigenvalue weighted by Crippen LogP contribution is 2.46. The van der Waals surface area contributed by atoms with Gasteiger partial charge >= 0.3 is 7.82 Å². The van der Waals surface area contributed by atoms with E-state index in [4.69, 9.17) is 15.3 Å². The van der Waals surface area contributed by atoms with Crippen molar-refractivity contribution in [2.75, 3.05) is 13.2 Å². The minimum absolute atomic E-state index is 0.728. The Balaban J connectivity index is 2.72. The molecule has 11 nitrogen and oxygen atoms in total. The summed E-state index contributed by atoms with van der Waals surface area (Å²) in [7, 11) is -4.84. The lowest BCUT2D eigenvalue weighted by Crippen LogP contribution is -2.64. The molecule has 0 aromatic carbocycles. The summed E-state index contributed by atoms with van der Waals surface area (Å²) < 4.78 is 20.4. The molecule has 0 radical (unpaired) electrons. The Bertz CT molecular complexity index is 363. The molecule has 0 spiro atoms. The van der Waals surface area contributed by atoms with E-state index in [1.165, 1.54) is 0 Å². The molecule has 0 aromatic heterocycles. The topological polar surface area (TPSA) is 200 Å². The largest absolute Gasteiger partial charge is 0.472 e. The van der Waals surface area contributed by atoms with Crippen molar-refractivity contribution in [1.82, 2.24) is 0 Å². The van der Waals surface area contributed by atoms with Crippen LogP contribution in [0.4, 0.5) is 0 Å². The maximum absolute atomic E-state index is 11.6. The molecule has 126 valence electrons. The van der Waals surface area contributed by atoms with Crippen molar-refractivity contribution in [1.29, 1.82) is 0 Å². The van der Waals surface area contributed by atoms with Crippen LogP contribution in [-0.4, -0.2) is 96.6 Å². The lowest BCUT2D eigenvalue weighted by Gasteiger charge is -2.39. The minimum atomic E-state index is -4.84. The number of phosphoric acid groups is 1. The predicted octanol–water partition coefficient (Wildman–Crippen LogP) is -4.61. The highest BCUT2D eigenvalue weighted by atomic mass is 31.2. The Morgan fingerprint density at radius 3 is 2.19 bits per heavy atom. The van der Waals surface area contributed by atoms with Gasteiger partial charge in [-0.15, -0.1) is 0 Å². The van der Waals surface area contributed by atoms with Gasteiger partial charge in [0.1, 0.15) is 24.4 Å². The van der Waals surface area contributed by atoms with E-state index in [1.807, 2.05) is 0 Å². The zero-order chi connectivity index (χ0) is 16.4. The van der Waals surface area contributed by atoms with Crippen LogP contribution in [0.3, 0.4) is 0 Å². The van der Waals surface area contributed by atoms with Crippen LogP contribution in [0.2, 0.25) is 0 Å².